The van der Waals surface area contributed by atoms with Crippen LogP contribution in [0, 0.1) is 13.8 Å². The summed E-state index contributed by atoms with van der Waals surface area (Å²) in [4.78, 5) is 4.73. The molecule has 0 saturated heterocycles. The third-order valence-electron chi connectivity index (χ3n) is 7.31. The van der Waals surface area contributed by atoms with Gasteiger partial charge < -0.3 is 9.73 Å². The average molecular weight is 591 g/mol. The number of anilines is 1. The lowest BCUT2D eigenvalue weighted by Crippen LogP contribution is -2.05. The molecule has 5 rings (SSSR count). The molecule has 0 unspecified atom stereocenters. The van der Waals surface area contributed by atoms with Crippen molar-refractivity contribution in [3.8, 4) is 22.5 Å². The molecule has 3 aromatic carbocycles. The van der Waals surface area contributed by atoms with Crippen molar-refractivity contribution >= 4 is 32.5 Å². The highest BCUT2D eigenvalue weighted by atomic mass is 32.2. The quantitative estimate of drug-likeness (QED) is 0.107. The predicted molar refractivity (Wildman–Crippen MR) is 175 cm³/mol. The number of benzene rings is 4. The summed E-state index contributed by atoms with van der Waals surface area (Å²) in [6, 6.07) is 23.7. The molecule has 2 N–H and O–H groups in total. The maximum atomic E-state index is 12.4. The monoisotopic (exact) mass is 590 g/mol. The first kappa shape index (κ1) is 29.8. The van der Waals surface area contributed by atoms with Crippen LogP contribution in [0.25, 0.3) is 33.4 Å². The molecule has 0 aromatic heterocycles. The second-order valence-corrected chi connectivity index (χ2v) is 11.9. The van der Waals surface area contributed by atoms with Crippen LogP contribution in [-0.4, -0.2) is 13.0 Å². The second-order valence-electron chi connectivity index (χ2n) is 10.5. The van der Waals surface area contributed by atoms with Crippen LogP contribution in [0.2, 0.25) is 0 Å². The topological polar surface area (TPSA) is 91.9 Å². The minimum absolute atomic E-state index is 0.176. The molecule has 218 valence electrons. The van der Waals surface area contributed by atoms with Crippen LogP contribution in [0.3, 0.4) is 0 Å². The number of hydrogen-bond acceptors (Lipinski definition) is 5. The van der Waals surface area contributed by atoms with Gasteiger partial charge in [0.25, 0.3) is 10.1 Å². The van der Waals surface area contributed by atoms with Gasteiger partial charge in [0.2, 0.25) is 0 Å². The van der Waals surface area contributed by atoms with Gasteiger partial charge in [-0.15, -0.1) is 0 Å². The maximum Gasteiger partial charge on any atom is 0.295 e. The molecule has 1 heterocycles. The van der Waals surface area contributed by atoms with E-state index in [1.807, 2.05) is 87.5 Å². The zero-order chi connectivity index (χ0) is 30.7. The van der Waals surface area contributed by atoms with Gasteiger partial charge in [0.15, 0.2) is 0 Å². The van der Waals surface area contributed by atoms with Gasteiger partial charge in [0.1, 0.15) is 16.2 Å². The lowest BCUT2D eigenvalue weighted by molar-refractivity contribution is 0.483. The fraction of sp³-hybridized carbons (Fsp3) is 0.139. The highest BCUT2D eigenvalue weighted by molar-refractivity contribution is 7.86. The van der Waals surface area contributed by atoms with Crippen LogP contribution in [0.5, 0.6) is 0 Å². The first-order chi connectivity index (χ1) is 20.6. The zero-order valence-electron chi connectivity index (χ0n) is 24.7. The highest BCUT2D eigenvalue weighted by Gasteiger charge is 2.23. The van der Waals surface area contributed by atoms with E-state index in [0.29, 0.717) is 38.8 Å². The summed E-state index contributed by atoms with van der Waals surface area (Å²) >= 11 is 0. The van der Waals surface area contributed by atoms with E-state index in [1.165, 1.54) is 6.07 Å². The molecule has 0 spiro atoms. The summed E-state index contributed by atoms with van der Waals surface area (Å²) in [7, 11) is -4.51. The van der Waals surface area contributed by atoms with E-state index in [4.69, 9.17) is 9.41 Å². The molecular weight excluding hydrogens is 556 g/mol. The van der Waals surface area contributed by atoms with E-state index in [0.717, 1.165) is 40.2 Å². The van der Waals surface area contributed by atoms with Crippen molar-refractivity contribution in [2.45, 2.75) is 39.0 Å². The molecule has 0 radical (unpaired) electrons. The molecular formula is C36H34N2O4S. The summed E-state index contributed by atoms with van der Waals surface area (Å²) in [6.45, 7) is 12.3. The highest BCUT2D eigenvalue weighted by Crippen LogP contribution is 2.42. The van der Waals surface area contributed by atoms with Crippen LogP contribution in [0.4, 0.5) is 11.4 Å². The molecule has 7 heteroatoms. The van der Waals surface area contributed by atoms with Crippen LogP contribution in [-0.2, 0) is 10.1 Å². The van der Waals surface area contributed by atoms with Crippen molar-refractivity contribution in [2.75, 3.05) is 5.32 Å². The fourth-order valence-corrected chi connectivity index (χ4v) is 5.75. The van der Waals surface area contributed by atoms with Gasteiger partial charge in [0.05, 0.1) is 11.0 Å². The Balaban J connectivity index is 1.75. The Labute approximate surface area is 252 Å². The SMILES string of the molecule is C=C(Nc1ccc2c(-c3ccccc3S(=O)(=O)O)c3cc/c(=N/c4c(C)cccc4C)cc-3oc2c1)/C(C)=C\C=C/CC. The number of allylic oxidation sites excluding steroid dienone is 4. The molecule has 3 aromatic rings. The van der Waals surface area contributed by atoms with Gasteiger partial charge in [-0.25, -0.2) is 4.99 Å². The van der Waals surface area contributed by atoms with Gasteiger partial charge in [-0.3, -0.25) is 4.55 Å². The smallest absolute Gasteiger partial charge is 0.295 e. The van der Waals surface area contributed by atoms with E-state index in [1.54, 1.807) is 18.2 Å². The van der Waals surface area contributed by atoms with E-state index in [2.05, 4.69) is 24.9 Å². The van der Waals surface area contributed by atoms with Gasteiger partial charge in [0, 0.05) is 45.6 Å². The third kappa shape index (κ3) is 6.38. The van der Waals surface area contributed by atoms with Crippen molar-refractivity contribution in [3.63, 3.8) is 0 Å². The summed E-state index contributed by atoms with van der Waals surface area (Å²) in [6.07, 6.45) is 7.03. The van der Waals surface area contributed by atoms with Crippen LogP contribution in [0.15, 0.2) is 129 Å². The predicted octanol–water partition coefficient (Wildman–Crippen LogP) is 9.14. The van der Waals surface area contributed by atoms with Crippen molar-refractivity contribution in [1.29, 1.82) is 0 Å². The van der Waals surface area contributed by atoms with Crippen molar-refractivity contribution in [2.24, 2.45) is 4.99 Å². The first-order valence-corrected chi connectivity index (χ1v) is 15.5. The Hall–Kier alpha value is -4.72. The van der Waals surface area contributed by atoms with Crippen molar-refractivity contribution < 1.29 is 17.4 Å². The summed E-state index contributed by atoms with van der Waals surface area (Å²) in [5.74, 6) is 0.525. The maximum absolute atomic E-state index is 12.4. The van der Waals surface area contributed by atoms with Gasteiger partial charge in [-0.05, 0) is 74.2 Å². The Kier molecular flexibility index (Phi) is 8.48. The third-order valence-corrected chi connectivity index (χ3v) is 8.22. The van der Waals surface area contributed by atoms with Gasteiger partial charge in [-0.2, -0.15) is 8.42 Å². The molecule has 0 amide bonds. The lowest BCUT2D eigenvalue weighted by Gasteiger charge is -2.18. The van der Waals surface area contributed by atoms with Crippen LogP contribution < -0.4 is 10.7 Å². The molecule has 6 nitrogen and oxygen atoms in total. The number of nitrogens with one attached hydrogen (secondary N) is 1. The van der Waals surface area contributed by atoms with Crippen molar-refractivity contribution in [3.05, 3.63) is 131 Å². The average Bonchev–Trinajstić information content (AvgIpc) is 2.97. The molecule has 2 aliphatic rings. The molecule has 1 aliphatic heterocycles. The van der Waals surface area contributed by atoms with Gasteiger partial charge in [-0.1, -0.05) is 68.1 Å². The molecule has 43 heavy (non-hydrogen) atoms. The minimum Gasteiger partial charge on any atom is -0.456 e. The number of fused-ring (bicyclic) bond motifs is 2. The Morgan fingerprint density at radius 3 is 2.44 bits per heavy atom. The largest absolute Gasteiger partial charge is 0.456 e. The van der Waals surface area contributed by atoms with E-state index in [9.17, 15) is 13.0 Å². The van der Waals surface area contributed by atoms with E-state index >= 15 is 0 Å². The molecule has 0 saturated carbocycles. The van der Waals surface area contributed by atoms with Crippen molar-refractivity contribution in [1.82, 2.24) is 0 Å². The number of nitrogens with zero attached hydrogens (tertiary/aromatic N) is 1. The lowest BCUT2D eigenvalue weighted by atomic mass is 9.93. The first-order valence-electron chi connectivity index (χ1n) is 14.0. The number of para-hydroxylation sites is 1. The summed E-state index contributed by atoms with van der Waals surface area (Å²) < 4.78 is 41.5. The normalized spacial score (nSPS) is 12.9. The zero-order valence-corrected chi connectivity index (χ0v) is 25.5. The summed E-state index contributed by atoms with van der Waals surface area (Å²) in [5, 5.41) is 4.74. The molecule has 0 bridgehead atoms. The van der Waals surface area contributed by atoms with Crippen LogP contribution >= 0.6 is 0 Å². The molecule has 0 atom stereocenters. The number of hydrogen-bond donors (Lipinski definition) is 2. The summed E-state index contributed by atoms with van der Waals surface area (Å²) in [5.41, 5.74) is 7.73. The van der Waals surface area contributed by atoms with E-state index < -0.39 is 10.1 Å². The Bertz CT molecular complexity index is 2050. The fourth-order valence-electron chi connectivity index (χ4n) is 5.05. The molecule has 0 fully saturated rings. The minimum atomic E-state index is -4.51. The van der Waals surface area contributed by atoms with Gasteiger partial charge >= 0.3 is 0 Å². The second kappa shape index (κ2) is 12.3. The molecule has 1 aliphatic carbocycles. The number of aryl methyl sites for hydroxylation is 2. The number of rotatable bonds is 8. The Morgan fingerprint density at radius 1 is 0.977 bits per heavy atom. The van der Waals surface area contributed by atoms with Crippen LogP contribution in [0.1, 0.15) is 31.4 Å². The standard InChI is InChI=1S/C36H34N2O4S/c1-6-7-8-12-23(2)26(5)37-27-17-19-29-32(21-27)42-33-22-28(38-36-24(3)13-11-14-25(36)4)18-20-30(33)35(29)31-15-9-10-16-34(31)43(39,40)41/h7-22,37H,5-6H2,1-4H3,(H,39,40,41)/b8-7-,23-12-,38-28-. The van der Waals surface area contributed by atoms with E-state index in [-0.39, 0.29) is 4.90 Å². The Morgan fingerprint density at radius 2 is 1.72 bits per heavy atom.